The van der Waals surface area contributed by atoms with Crippen molar-refractivity contribution in [3.8, 4) is 0 Å². The van der Waals surface area contributed by atoms with Crippen LogP contribution in [0.5, 0.6) is 0 Å². The molecule has 0 bridgehead atoms. The molecule has 1 atom stereocenters. The lowest BCUT2D eigenvalue weighted by Crippen LogP contribution is -3.02. The Balaban J connectivity index is 3.07. The van der Waals surface area contributed by atoms with Gasteiger partial charge in [-0.3, -0.25) is 0 Å². The number of quaternary nitrogens is 1. The molecular weight excluding hydrogens is 272 g/mol. The Kier molecular flexibility index (Phi) is 4.86. The molecule has 80 valence electrons. The Bertz CT molecular complexity index is 280. The second-order valence-electron chi connectivity index (χ2n) is 2.24. The van der Waals surface area contributed by atoms with Crippen molar-refractivity contribution in [1.29, 1.82) is 0 Å². The van der Waals surface area contributed by atoms with Crippen molar-refractivity contribution in [1.82, 2.24) is 0 Å². The van der Waals surface area contributed by atoms with E-state index in [2.05, 4.69) is 0 Å². The minimum atomic E-state index is -1.21. The SMILES string of the molecule is [O-][NH+](O)/C(C(Cl)=C(Cl)Cl)=C1\OCCS1. The molecule has 1 rings (SSSR count). The molecule has 1 saturated heterocycles. The van der Waals surface area contributed by atoms with Crippen LogP contribution in [0.3, 0.4) is 0 Å². The maximum absolute atomic E-state index is 10.8. The zero-order chi connectivity index (χ0) is 10.7. The highest BCUT2D eigenvalue weighted by Gasteiger charge is 2.25. The Morgan fingerprint density at radius 3 is 2.50 bits per heavy atom. The normalized spacial score (nSPS) is 21.5. The van der Waals surface area contributed by atoms with Crippen molar-refractivity contribution in [3.05, 3.63) is 25.5 Å². The maximum Gasteiger partial charge on any atom is 0.234 e. The smallest absolute Gasteiger partial charge is 0.234 e. The van der Waals surface area contributed by atoms with Gasteiger partial charge in [0.05, 0.1) is 6.61 Å². The number of hydrogen-bond donors (Lipinski definition) is 2. The van der Waals surface area contributed by atoms with Gasteiger partial charge in [-0.25, -0.2) is 5.21 Å². The van der Waals surface area contributed by atoms with Crippen molar-refractivity contribution >= 4 is 46.6 Å². The molecule has 8 heteroatoms. The van der Waals surface area contributed by atoms with Crippen LogP contribution < -0.4 is 5.23 Å². The summed E-state index contributed by atoms with van der Waals surface area (Å²) in [4.78, 5) is 0. The summed E-state index contributed by atoms with van der Waals surface area (Å²) in [5, 5.41) is 18.5. The third-order valence-electron chi connectivity index (χ3n) is 1.35. The highest BCUT2D eigenvalue weighted by Crippen LogP contribution is 2.31. The lowest BCUT2D eigenvalue weighted by atomic mass is 10.5. The van der Waals surface area contributed by atoms with E-state index in [1.165, 1.54) is 11.8 Å². The lowest BCUT2D eigenvalue weighted by Gasteiger charge is -2.16. The lowest BCUT2D eigenvalue weighted by molar-refractivity contribution is -1.01. The molecule has 1 heterocycles. The van der Waals surface area contributed by atoms with Gasteiger partial charge in [-0.15, -0.1) is 0 Å². The van der Waals surface area contributed by atoms with Gasteiger partial charge in [0.1, 0.15) is 9.52 Å². The van der Waals surface area contributed by atoms with Gasteiger partial charge in [-0.2, -0.15) is 5.23 Å². The third kappa shape index (κ3) is 2.93. The Morgan fingerprint density at radius 1 is 1.50 bits per heavy atom. The Morgan fingerprint density at radius 2 is 2.14 bits per heavy atom. The predicted octanol–water partition coefficient (Wildman–Crippen LogP) is 1.58. The van der Waals surface area contributed by atoms with Crippen molar-refractivity contribution < 1.29 is 15.2 Å². The van der Waals surface area contributed by atoms with Crippen LogP contribution in [0.15, 0.2) is 20.3 Å². The second kappa shape index (κ2) is 5.46. The average molecular weight is 279 g/mol. The zero-order valence-electron chi connectivity index (χ0n) is 6.72. The Labute approximate surface area is 99.6 Å². The van der Waals surface area contributed by atoms with E-state index in [0.717, 1.165) is 0 Å². The molecule has 0 aliphatic carbocycles. The number of hydrogen-bond acceptors (Lipinski definition) is 4. The largest absolute Gasteiger partial charge is 0.595 e. The first-order chi connectivity index (χ1) is 6.54. The summed E-state index contributed by atoms with van der Waals surface area (Å²) in [7, 11) is 0. The van der Waals surface area contributed by atoms with E-state index in [9.17, 15) is 5.21 Å². The average Bonchev–Trinajstić information content (AvgIpc) is 2.56. The number of hydroxylamine groups is 2. The second-order valence-corrected chi connectivity index (χ2v) is 4.63. The zero-order valence-corrected chi connectivity index (χ0v) is 9.80. The van der Waals surface area contributed by atoms with Crippen LogP contribution in [-0.2, 0) is 4.74 Å². The summed E-state index contributed by atoms with van der Waals surface area (Å²) < 4.78 is 4.79. The van der Waals surface area contributed by atoms with Crippen LogP contribution in [0.2, 0.25) is 0 Å². The third-order valence-corrected chi connectivity index (χ3v) is 3.26. The van der Waals surface area contributed by atoms with E-state index >= 15 is 0 Å². The fraction of sp³-hybridized carbons (Fsp3) is 0.333. The molecule has 1 unspecified atom stereocenters. The van der Waals surface area contributed by atoms with Gasteiger partial charge < -0.3 is 9.94 Å². The fourth-order valence-corrected chi connectivity index (χ4v) is 2.08. The van der Waals surface area contributed by atoms with Gasteiger partial charge >= 0.3 is 0 Å². The Hall–Kier alpha value is 0.380. The highest BCUT2D eigenvalue weighted by atomic mass is 35.5. The van der Waals surface area contributed by atoms with Crippen LogP contribution in [0.1, 0.15) is 0 Å². The number of nitrogens with one attached hydrogen (secondary N) is 1. The number of ether oxygens (including phenoxy) is 1. The molecular formula is C6H6Cl3NO3S. The number of rotatable bonds is 2. The number of allylic oxidation sites excluding steroid dienone is 1. The molecule has 0 aromatic carbocycles. The molecule has 0 spiro atoms. The first-order valence-corrected chi connectivity index (χ1v) is 5.60. The van der Waals surface area contributed by atoms with Gasteiger partial charge in [0.25, 0.3) is 0 Å². The van der Waals surface area contributed by atoms with E-state index < -0.39 is 5.23 Å². The minimum absolute atomic E-state index is 0.186. The molecule has 0 aromatic rings. The van der Waals surface area contributed by atoms with Crippen LogP contribution in [0.4, 0.5) is 0 Å². The molecule has 4 nitrogen and oxygen atoms in total. The van der Waals surface area contributed by atoms with Crippen molar-refractivity contribution in [2.24, 2.45) is 0 Å². The summed E-state index contributed by atoms with van der Waals surface area (Å²) in [6.07, 6.45) is 0. The fourth-order valence-electron chi connectivity index (χ4n) is 0.820. The molecule has 2 N–H and O–H groups in total. The molecule has 0 saturated carbocycles. The molecule has 1 fully saturated rings. The summed E-state index contributed by atoms with van der Waals surface area (Å²) >= 11 is 17.7. The first kappa shape index (κ1) is 12.4. The number of halogens is 3. The van der Waals surface area contributed by atoms with Crippen LogP contribution in [0, 0.1) is 5.21 Å². The summed E-state index contributed by atoms with van der Waals surface area (Å²) in [6, 6.07) is 0. The van der Waals surface area contributed by atoms with Gasteiger partial charge in [-0.1, -0.05) is 46.6 Å². The minimum Gasteiger partial charge on any atom is -0.595 e. The van der Waals surface area contributed by atoms with Crippen LogP contribution in [0.25, 0.3) is 0 Å². The van der Waals surface area contributed by atoms with E-state index in [1.807, 2.05) is 0 Å². The van der Waals surface area contributed by atoms with E-state index in [4.69, 9.17) is 44.7 Å². The van der Waals surface area contributed by atoms with Gasteiger partial charge in [-0.05, 0) is 0 Å². The summed E-state index contributed by atoms with van der Waals surface area (Å²) in [5.74, 6) is 0.691. The van der Waals surface area contributed by atoms with Crippen molar-refractivity contribution in [3.63, 3.8) is 0 Å². The monoisotopic (exact) mass is 277 g/mol. The quantitative estimate of drug-likeness (QED) is 0.753. The molecule has 1 aliphatic rings. The van der Waals surface area contributed by atoms with Gasteiger partial charge in [0.2, 0.25) is 10.8 Å². The van der Waals surface area contributed by atoms with E-state index in [0.29, 0.717) is 12.4 Å². The summed E-state index contributed by atoms with van der Waals surface area (Å²) in [6.45, 7) is 0.459. The first-order valence-electron chi connectivity index (χ1n) is 3.48. The number of thioether (sulfide) groups is 1. The summed E-state index contributed by atoms with van der Waals surface area (Å²) in [5.41, 5.74) is -0.186. The van der Waals surface area contributed by atoms with E-state index in [1.54, 1.807) is 0 Å². The molecule has 0 radical (unpaired) electrons. The van der Waals surface area contributed by atoms with Crippen molar-refractivity contribution in [2.45, 2.75) is 0 Å². The maximum atomic E-state index is 10.8. The van der Waals surface area contributed by atoms with Crippen LogP contribution in [-0.4, -0.2) is 17.6 Å². The van der Waals surface area contributed by atoms with E-state index in [-0.39, 0.29) is 20.3 Å². The van der Waals surface area contributed by atoms with Crippen molar-refractivity contribution in [2.75, 3.05) is 12.4 Å². The molecule has 1 aliphatic heterocycles. The van der Waals surface area contributed by atoms with Crippen LogP contribution >= 0.6 is 46.6 Å². The highest BCUT2D eigenvalue weighted by molar-refractivity contribution is 8.03. The van der Waals surface area contributed by atoms with Gasteiger partial charge in [0.15, 0.2) is 0 Å². The topological polar surface area (TPSA) is 57.0 Å². The molecule has 0 aromatic heterocycles. The standard InChI is InChI=1S/C6H6Cl3NO3S/c7-3(5(8)9)4(10(11)12)6-13-1-2-14-6/h10-11H,1-2H2/b6-4+. The van der Waals surface area contributed by atoms with Gasteiger partial charge in [0, 0.05) is 5.75 Å². The molecule has 14 heavy (non-hydrogen) atoms. The predicted molar refractivity (Wildman–Crippen MR) is 56.1 cm³/mol. The molecule has 0 amide bonds.